The van der Waals surface area contributed by atoms with Crippen LogP contribution in [0.3, 0.4) is 0 Å². The molecule has 1 aliphatic heterocycles. The molecule has 5 heteroatoms. The average molecular weight is 270 g/mol. The van der Waals surface area contributed by atoms with Crippen molar-refractivity contribution in [3.05, 3.63) is 0 Å². The molecule has 0 radical (unpaired) electrons. The number of nitrogens with zero attached hydrogens (tertiary/aromatic N) is 1. The van der Waals surface area contributed by atoms with Crippen molar-refractivity contribution in [2.45, 2.75) is 58.5 Å². The Bertz CT molecular complexity index is 344. The van der Waals surface area contributed by atoms with E-state index in [1.54, 1.807) is 0 Å². The molecule has 0 aromatic heterocycles. The summed E-state index contributed by atoms with van der Waals surface area (Å²) in [5.41, 5.74) is -0.0813. The van der Waals surface area contributed by atoms with Crippen LogP contribution in [0.15, 0.2) is 0 Å². The lowest BCUT2D eigenvalue weighted by atomic mass is 9.94. The zero-order valence-corrected chi connectivity index (χ0v) is 12.7. The number of likely N-dealkylation sites (tertiary alicyclic amines) is 1. The Morgan fingerprint density at radius 2 is 2.05 bits per heavy atom. The summed E-state index contributed by atoms with van der Waals surface area (Å²) in [5, 5.41) is 2.65. The molecule has 1 saturated heterocycles. The van der Waals surface area contributed by atoms with Gasteiger partial charge in [-0.1, -0.05) is 20.8 Å². The molecule has 1 aliphatic rings. The summed E-state index contributed by atoms with van der Waals surface area (Å²) < 4.78 is 4.60. The second-order valence-corrected chi connectivity index (χ2v) is 5.80. The van der Waals surface area contributed by atoms with E-state index in [-0.39, 0.29) is 17.4 Å². The topological polar surface area (TPSA) is 58.6 Å². The van der Waals surface area contributed by atoms with Crippen molar-refractivity contribution < 1.29 is 14.3 Å². The summed E-state index contributed by atoms with van der Waals surface area (Å²) in [5.74, 6) is 0.0376. The van der Waals surface area contributed by atoms with Gasteiger partial charge >= 0.3 is 6.09 Å². The maximum absolute atomic E-state index is 12.7. The SMILES string of the molecule is CCC1(C)CCCN1C(=O)C(NC(=O)OC)C(C)C. The van der Waals surface area contributed by atoms with Crippen LogP contribution < -0.4 is 5.32 Å². The lowest BCUT2D eigenvalue weighted by Gasteiger charge is -2.37. The number of hydrogen-bond acceptors (Lipinski definition) is 3. The van der Waals surface area contributed by atoms with E-state index in [1.165, 1.54) is 7.11 Å². The van der Waals surface area contributed by atoms with Gasteiger partial charge in [-0.15, -0.1) is 0 Å². The van der Waals surface area contributed by atoms with Crippen LogP contribution in [-0.4, -0.2) is 42.1 Å². The van der Waals surface area contributed by atoms with E-state index in [2.05, 4.69) is 23.9 Å². The van der Waals surface area contributed by atoms with Gasteiger partial charge in [-0.25, -0.2) is 4.79 Å². The first-order valence-corrected chi connectivity index (χ1v) is 7.01. The van der Waals surface area contributed by atoms with E-state index in [9.17, 15) is 9.59 Å². The second-order valence-electron chi connectivity index (χ2n) is 5.80. The normalized spacial score (nSPS) is 24.4. The number of hydrogen-bond donors (Lipinski definition) is 1. The third-order valence-electron chi connectivity index (χ3n) is 4.17. The highest BCUT2D eigenvalue weighted by Crippen LogP contribution is 2.32. The number of alkyl carbamates (subject to hydrolysis) is 1. The smallest absolute Gasteiger partial charge is 0.407 e. The van der Waals surface area contributed by atoms with Crippen molar-refractivity contribution in [2.24, 2.45) is 5.92 Å². The predicted octanol–water partition coefficient (Wildman–Crippen LogP) is 2.16. The summed E-state index contributed by atoms with van der Waals surface area (Å²) in [7, 11) is 1.31. The number of rotatable bonds is 4. The highest BCUT2D eigenvalue weighted by molar-refractivity contribution is 5.86. The van der Waals surface area contributed by atoms with Gasteiger partial charge < -0.3 is 15.0 Å². The van der Waals surface area contributed by atoms with Gasteiger partial charge in [0, 0.05) is 12.1 Å². The van der Waals surface area contributed by atoms with Crippen molar-refractivity contribution in [1.29, 1.82) is 0 Å². The fraction of sp³-hybridized carbons (Fsp3) is 0.857. The van der Waals surface area contributed by atoms with E-state index >= 15 is 0 Å². The number of nitrogens with one attached hydrogen (secondary N) is 1. The van der Waals surface area contributed by atoms with Gasteiger partial charge in [0.1, 0.15) is 6.04 Å². The Morgan fingerprint density at radius 3 is 2.53 bits per heavy atom. The number of methoxy groups -OCH3 is 1. The zero-order chi connectivity index (χ0) is 14.6. The molecule has 2 unspecified atom stereocenters. The van der Waals surface area contributed by atoms with Gasteiger partial charge in [0.15, 0.2) is 0 Å². The van der Waals surface area contributed by atoms with Crippen LogP contribution in [0.1, 0.15) is 47.0 Å². The van der Waals surface area contributed by atoms with Crippen LogP contribution in [-0.2, 0) is 9.53 Å². The first-order valence-electron chi connectivity index (χ1n) is 7.01. The summed E-state index contributed by atoms with van der Waals surface area (Å²) >= 11 is 0. The molecule has 0 aromatic carbocycles. The molecule has 0 aromatic rings. The first-order chi connectivity index (χ1) is 8.85. The quantitative estimate of drug-likeness (QED) is 0.851. The molecular formula is C14H26N2O3. The molecule has 1 rings (SSSR count). The summed E-state index contributed by atoms with van der Waals surface area (Å²) in [6.45, 7) is 8.85. The molecule has 1 N–H and O–H groups in total. The Morgan fingerprint density at radius 1 is 1.42 bits per heavy atom. The van der Waals surface area contributed by atoms with E-state index in [0.717, 1.165) is 25.8 Å². The fourth-order valence-electron chi connectivity index (χ4n) is 2.63. The van der Waals surface area contributed by atoms with Crippen LogP contribution in [0.25, 0.3) is 0 Å². The maximum atomic E-state index is 12.7. The summed E-state index contributed by atoms with van der Waals surface area (Å²) in [4.78, 5) is 26.0. The van der Waals surface area contributed by atoms with E-state index in [4.69, 9.17) is 0 Å². The largest absolute Gasteiger partial charge is 0.453 e. The fourth-order valence-corrected chi connectivity index (χ4v) is 2.63. The minimum absolute atomic E-state index is 0.00208. The molecule has 0 spiro atoms. The standard InChI is InChI=1S/C14H26N2O3/c1-6-14(4)8-7-9-16(14)12(17)11(10(2)3)15-13(18)19-5/h10-11H,6-9H2,1-5H3,(H,15,18). The van der Waals surface area contributed by atoms with Gasteiger partial charge in [0.2, 0.25) is 5.91 Å². The Labute approximate surface area is 115 Å². The summed E-state index contributed by atoms with van der Waals surface area (Å²) in [6.07, 6.45) is 2.43. The lowest BCUT2D eigenvalue weighted by Crippen LogP contribution is -2.55. The molecule has 1 heterocycles. The predicted molar refractivity (Wildman–Crippen MR) is 73.8 cm³/mol. The van der Waals surface area contributed by atoms with Crippen molar-refractivity contribution in [2.75, 3.05) is 13.7 Å². The number of amides is 2. The summed E-state index contributed by atoms with van der Waals surface area (Å²) in [6, 6.07) is -0.517. The van der Waals surface area contributed by atoms with Gasteiger partial charge in [-0.3, -0.25) is 4.79 Å². The number of carbonyl (C=O) groups is 2. The van der Waals surface area contributed by atoms with Crippen molar-refractivity contribution in [1.82, 2.24) is 10.2 Å². The molecule has 1 fully saturated rings. The third-order valence-corrected chi connectivity index (χ3v) is 4.17. The number of ether oxygens (including phenoxy) is 1. The zero-order valence-electron chi connectivity index (χ0n) is 12.7. The third kappa shape index (κ3) is 3.39. The van der Waals surface area contributed by atoms with Crippen LogP contribution in [0.4, 0.5) is 4.79 Å². The molecule has 110 valence electrons. The minimum Gasteiger partial charge on any atom is -0.453 e. The molecular weight excluding hydrogens is 244 g/mol. The van der Waals surface area contributed by atoms with E-state index in [0.29, 0.717) is 0 Å². The van der Waals surface area contributed by atoms with Crippen LogP contribution >= 0.6 is 0 Å². The van der Waals surface area contributed by atoms with Crippen LogP contribution in [0.5, 0.6) is 0 Å². The minimum atomic E-state index is -0.551. The van der Waals surface area contributed by atoms with Gasteiger partial charge in [-0.2, -0.15) is 0 Å². The second kappa shape index (κ2) is 6.26. The van der Waals surface area contributed by atoms with Crippen molar-refractivity contribution in [3.8, 4) is 0 Å². The lowest BCUT2D eigenvalue weighted by molar-refractivity contribution is -0.138. The van der Waals surface area contributed by atoms with Crippen LogP contribution in [0.2, 0.25) is 0 Å². The number of carbonyl (C=O) groups excluding carboxylic acids is 2. The molecule has 0 saturated carbocycles. The monoisotopic (exact) mass is 270 g/mol. The first kappa shape index (κ1) is 15.8. The molecule has 0 aliphatic carbocycles. The highest BCUT2D eigenvalue weighted by Gasteiger charge is 2.41. The highest BCUT2D eigenvalue weighted by atomic mass is 16.5. The van der Waals surface area contributed by atoms with Crippen molar-refractivity contribution >= 4 is 12.0 Å². The van der Waals surface area contributed by atoms with Gasteiger partial charge in [-0.05, 0) is 32.1 Å². The molecule has 19 heavy (non-hydrogen) atoms. The Hall–Kier alpha value is -1.26. The maximum Gasteiger partial charge on any atom is 0.407 e. The average Bonchev–Trinajstić information content (AvgIpc) is 2.77. The van der Waals surface area contributed by atoms with Gasteiger partial charge in [0.05, 0.1) is 7.11 Å². The van der Waals surface area contributed by atoms with E-state index in [1.807, 2.05) is 18.7 Å². The Balaban J connectivity index is 2.85. The molecule has 2 amide bonds. The van der Waals surface area contributed by atoms with Crippen LogP contribution in [0, 0.1) is 5.92 Å². The van der Waals surface area contributed by atoms with Gasteiger partial charge in [0.25, 0.3) is 0 Å². The molecule has 0 bridgehead atoms. The molecule has 2 atom stereocenters. The Kier molecular flexibility index (Phi) is 5.20. The van der Waals surface area contributed by atoms with Crippen molar-refractivity contribution in [3.63, 3.8) is 0 Å². The molecule has 5 nitrogen and oxygen atoms in total. The van der Waals surface area contributed by atoms with E-state index < -0.39 is 12.1 Å².